The number of nitrogens with zero attached hydrogens (tertiary/aromatic N) is 3. The van der Waals surface area contributed by atoms with Crippen LogP contribution in [0.2, 0.25) is 0 Å². The monoisotopic (exact) mass is 291 g/mol. The molecule has 1 aliphatic rings. The number of piperidine rings is 1. The zero-order chi connectivity index (χ0) is 15.1. The Morgan fingerprint density at radius 3 is 2.71 bits per heavy atom. The number of hydrogen-bond donors (Lipinski definition) is 2. The molecule has 114 valence electrons. The molecule has 2 rings (SSSR count). The molecule has 0 saturated carbocycles. The Kier molecular flexibility index (Phi) is 5.48. The lowest BCUT2D eigenvalue weighted by Gasteiger charge is -2.31. The maximum Gasteiger partial charge on any atom is 0.225 e. The molecule has 1 atom stereocenters. The third kappa shape index (κ3) is 4.70. The van der Waals surface area contributed by atoms with Crippen molar-refractivity contribution in [3.63, 3.8) is 0 Å². The van der Waals surface area contributed by atoms with Gasteiger partial charge in [0.1, 0.15) is 0 Å². The summed E-state index contributed by atoms with van der Waals surface area (Å²) in [6, 6.07) is 1.78. The maximum absolute atomic E-state index is 12.1. The molecule has 2 heterocycles. The van der Waals surface area contributed by atoms with Crippen molar-refractivity contribution in [2.75, 3.05) is 31.1 Å². The number of hydrogen-bond acceptors (Lipinski definition) is 5. The highest BCUT2D eigenvalue weighted by Crippen LogP contribution is 2.19. The number of anilines is 1. The normalized spacial score (nSPS) is 18.1. The average Bonchev–Trinajstić information content (AvgIpc) is 2.52. The van der Waals surface area contributed by atoms with E-state index in [-0.39, 0.29) is 17.7 Å². The Bertz CT molecular complexity index is 480. The van der Waals surface area contributed by atoms with Crippen LogP contribution in [0.5, 0.6) is 0 Å². The Balaban J connectivity index is 1.80. The van der Waals surface area contributed by atoms with Crippen molar-refractivity contribution < 1.29 is 9.59 Å². The second-order valence-electron chi connectivity index (χ2n) is 5.11. The Morgan fingerprint density at radius 1 is 1.29 bits per heavy atom. The highest BCUT2D eigenvalue weighted by Gasteiger charge is 2.26. The molecular formula is C14H21N5O2. The minimum absolute atomic E-state index is 0.0287. The van der Waals surface area contributed by atoms with Crippen LogP contribution < -0.4 is 15.5 Å². The Morgan fingerprint density at radius 2 is 2.00 bits per heavy atom. The number of amides is 2. The SMILES string of the molecule is CC(=O)NCCNC(=O)[C@@H]1CCCN(c2ncccn2)C1. The van der Waals surface area contributed by atoms with Crippen LogP contribution in [0.15, 0.2) is 18.5 Å². The predicted octanol–water partition coefficient (Wildman–Crippen LogP) is -0.0547. The third-order valence-corrected chi connectivity index (χ3v) is 3.43. The first-order chi connectivity index (χ1) is 10.2. The van der Waals surface area contributed by atoms with Crippen LogP contribution in [-0.2, 0) is 9.59 Å². The number of nitrogens with one attached hydrogen (secondary N) is 2. The fraction of sp³-hybridized carbons (Fsp3) is 0.571. The summed E-state index contributed by atoms with van der Waals surface area (Å²) in [4.78, 5) is 33.4. The summed E-state index contributed by atoms with van der Waals surface area (Å²) in [5.41, 5.74) is 0. The van der Waals surface area contributed by atoms with Crippen molar-refractivity contribution in [1.82, 2.24) is 20.6 Å². The molecule has 0 aromatic carbocycles. The quantitative estimate of drug-likeness (QED) is 0.743. The van der Waals surface area contributed by atoms with E-state index in [0.717, 1.165) is 19.4 Å². The van der Waals surface area contributed by atoms with Gasteiger partial charge in [0, 0.05) is 45.5 Å². The first kappa shape index (κ1) is 15.2. The molecule has 0 aliphatic carbocycles. The summed E-state index contributed by atoms with van der Waals surface area (Å²) in [5.74, 6) is 0.559. The van der Waals surface area contributed by atoms with Crippen molar-refractivity contribution in [2.45, 2.75) is 19.8 Å². The molecule has 7 heteroatoms. The van der Waals surface area contributed by atoms with Gasteiger partial charge in [0.25, 0.3) is 0 Å². The van der Waals surface area contributed by atoms with Crippen molar-refractivity contribution >= 4 is 17.8 Å². The maximum atomic E-state index is 12.1. The lowest BCUT2D eigenvalue weighted by molar-refractivity contribution is -0.125. The van der Waals surface area contributed by atoms with E-state index in [2.05, 4.69) is 20.6 Å². The molecular weight excluding hydrogens is 270 g/mol. The van der Waals surface area contributed by atoms with Crippen LogP contribution in [0.25, 0.3) is 0 Å². The van der Waals surface area contributed by atoms with Gasteiger partial charge in [0.2, 0.25) is 17.8 Å². The second-order valence-corrected chi connectivity index (χ2v) is 5.11. The molecule has 2 N–H and O–H groups in total. The highest BCUT2D eigenvalue weighted by molar-refractivity contribution is 5.79. The lowest BCUT2D eigenvalue weighted by Crippen LogP contribution is -2.45. The summed E-state index contributed by atoms with van der Waals surface area (Å²) in [6.07, 6.45) is 5.23. The van der Waals surface area contributed by atoms with Gasteiger partial charge in [-0.15, -0.1) is 0 Å². The molecule has 0 unspecified atom stereocenters. The van der Waals surface area contributed by atoms with Crippen molar-refractivity contribution in [2.24, 2.45) is 5.92 Å². The number of carbonyl (C=O) groups is 2. The van der Waals surface area contributed by atoms with E-state index in [1.165, 1.54) is 6.92 Å². The highest BCUT2D eigenvalue weighted by atomic mass is 16.2. The van der Waals surface area contributed by atoms with Crippen LogP contribution >= 0.6 is 0 Å². The van der Waals surface area contributed by atoms with Crippen LogP contribution in [0.3, 0.4) is 0 Å². The van der Waals surface area contributed by atoms with Gasteiger partial charge in [-0.1, -0.05) is 0 Å². The van der Waals surface area contributed by atoms with E-state index in [0.29, 0.717) is 25.6 Å². The van der Waals surface area contributed by atoms with Crippen molar-refractivity contribution in [3.05, 3.63) is 18.5 Å². The molecule has 1 aliphatic heterocycles. The van der Waals surface area contributed by atoms with E-state index >= 15 is 0 Å². The van der Waals surface area contributed by atoms with Gasteiger partial charge in [0.15, 0.2) is 0 Å². The average molecular weight is 291 g/mol. The molecule has 1 saturated heterocycles. The number of aromatic nitrogens is 2. The van der Waals surface area contributed by atoms with Gasteiger partial charge >= 0.3 is 0 Å². The zero-order valence-corrected chi connectivity index (χ0v) is 12.2. The van der Waals surface area contributed by atoms with Crippen LogP contribution in [0.4, 0.5) is 5.95 Å². The number of carbonyl (C=O) groups excluding carboxylic acids is 2. The summed E-state index contributed by atoms with van der Waals surface area (Å²) in [6.45, 7) is 3.88. The molecule has 21 heavy (non-hydrogen) atoms. The zero-order valence-electron chi connectivity index (χ0n) is 12.2. The smallest absolute Gasteiger partial charge is 0.225 e. The Labute approximate surface area is 124 Å². The predicted molar refractivity (Wildman–Crippen MR) is 78.7 cm³/mol. The summed E-state index contributed by atoms with van der Waals surface area (Å²) in [5, 5.41) is 5.51. The van der Waals surface area contributed by atoms with Crippen molar-refractivity contribution in [3.8, 4) is 0 Å². The van der Waals surface area contributed by atoms with E-state index in [4.69, 9.17) is 0 Å². The van der Waals surface area contributed by atoms with Gasteiger partial charge in [-0.2, -0.15) is 0 Å². The van der Waals surface area contributed by atoms with E-state index in [1.54, 1.807) is 18.5 Å². The molecule has 1 aromatic rings. The lowest BCUT2D eigenvalue weighted by atomic mass is 9.97. The van der Waals surface area contributed by atoms with Gasteiger partial charge in [-0.25, -0.2) is 9.97 Å². The largest absolute Gasteiger partial charge is 0.355 e. The molecule has 7 nitrogen and oxygen atoms in total. The minimum atomic E-state index is -0.0886. The van der Waals surface area contributed by atoms with Gasteiger partial charge in [-0.05, 0) is 18.9 Å². The van der Waals surface area contributed by atoms with Gasteiger partial charge in [-0.3, -0.25) is 9.59 Å². The summed E-state index contributed by atoms with van der Waals surface area (Å²) in [7, 11) is 0. The standard InChI is InChI=1S/C14H21N5O2/c1-11(20)15-7-8-16-13(21)12-4-2-9-19(10-12)14-17-5-3-6-18-14/h3,5-6,12H,2,4,7-10H2,1H3,(H,15,20)(H,16,21)/t12-/m1/s1. The fourth-order valence-corrected chi connectivity index (χ4v) is 2.40. The second kappa shape index (κ2) is 7.56. The van der Waals surface area contributed by atoms with Gasteiger partial charge < -0.3 is 15.5 Å². The molecule has 0 bridgehead atoms. The molecule has 1 fully saturated rings. The van der Waals surface area contributed by atoms with E-state index in [1.807, 2.05) is 4.90 Å². The molecule has 0 spiro atoms. The molecule has 1 aromatic heterocycles. The third-order valence-electron chi connectivity index (χ3n) is 3.43. The fourth-order valence-electron chi connectivity index (χ4n) is 2.40. The van der Waals surface area contributed by atoms with Crippen LogP contribution in [-0.4, -0.2) is 48.0 Å². The first-order valence-corrected chi connectivity index (χ1v) is 7.21. The molecule has 0 radical (unpaired) electrons. The van der Waals surface area contributed by atoms with E-state index < -0.39 is 0 Å². The Hall–Kier alpha value is -2.18. The van der Waals surface area contributed by atoms with Crippen LogP contribution in [0, 0.1) is 5.92 Å². The molecule has 2 amide bonds. The van der Waals surface area contributed by atoms with Crippen LogP contribution in [0.1, 0.15) is 19.8 Å². The first-order valence-electron chi connectivity index (χ1n) is 7.21. The number of rotatable bonds is 5. The summed E-state index contributed by atoms with van der Waals surface area (Å²) < 4.78 is 0. The van der Waals surface area contributed by atoms with E-state index in [9.17, 15) is 9.59 Å². The minimum Gasteiger partial charge on any atom is -0.355 e. The van der Waals surface area contributed by atoms with Gasteiger partial charge in [0.05, 0.1) is 5.92 Å². The topological polar surface area (TPSA) is 87.2 Å². The van der Waals surface area contributed by atoms with Crippen molar-refractivity contribution in [1.29, 1.82) is 0 Å². The summed E-state index contributed by atoms with van der Waals surface area (Å²) >= 11 is 0.